The monoisotopic (exact) mass is 348 g/mol. The van der Waals surface area contributed by atoms with Gasteiger partial charge in [0.1, 0.15) is 5.76 Å². The Balaban J connectivity index is 1.32. The van der Waals surface area contributed by atoms with Crippen LogP contribution >= 0.6 is 0 Å². The highest BCUT2D eigenvalue weighted by atomic mass is 16.5. The van der Waals surface area contributed by atoms with Crippen molar-refractivity contribution in [3.63, 3.8) is 0 Å². The van der Waals surface area contributed by atoms with Crippen LogP contribution in [0.2, 0.25) is 0 Å². The lowest BCUT2D eigenvalue weighted by molar-refractivity contribution is -0.137. The summed E-state index contributed by atoms with van der Waals surface area (Å²) in [5.41, 5.74) is 0. The molecule has 0 radical (unpaired) electrons. The fraction of sp³-hybridized carbons (Fsp3) is 0.684. The molecule has 2 amide bonds. The van der Waals surface area contributed by atoms with Crippen LogP contribution in [0.25, 0.3) is 0 Å². The summed E-state index contributed by atoms with van der Waals surface area (Å²) in [7, 11) is 0. The lowest BCUT2D eigenvalue weighted by Gasteiger charge is -2.44. The fourth-order valence-corrected chi connectivity index (χ4v) is 4.09. The van der Waals surface area contributed by atoms with Crippen molar-refractivity contribution in [1.82, 2.24) is 10.2 Å². The number of carbonyl (C=O) groups excluding carboxylic acids is 2. The van der Waals surface area contributed by atoms with Gasteiger partial charge in [0.05, 0.1) is 19.4 Å². The molecule has 6 nitrogen and oxygen atoms in total. The summed E-state index contributed by atoms with van der Waals surface area (Å²) in [6.45, 7) is 1.46. The summed E-state index contributed by atoms with van der Waals surface area (Å²) in [6.07, 6.45) is 9.48. The predicted octanol–water partition coefficient (Wildman–Crippen LogP) is 3.47. The van der Waals surface area contributed by atoms with Crippen molar-refractivity contribution >= 4 is 12.0 Å². The number of hydrogen-bond acceptors (Lipinski definition) is 4. The minimum Gasteiger partial charge on any atom is -0.467 e. The van der Waals surface area contributed by atoms with Crippen molar-refractivity contribution in [2.24, 2.45) is 5.92 Å². The maximum absolute atomic E-state index is 12.5. The summed E-state index contributed by atoms with van der Waals surface area (Å²) < 4.78 is 10.3. The fourth-order valence-electron chi connectivity index (χ4n) is 4.09. The van der Waals surface area contributed by atoms with Crippen molar-refractivity contribution in [2.45, 2.75) is 64.0 Å². The normalized spacial score (nSPS) is 23.0. The SMILES string of the molecule is O=C(NCc1ccco1)OCCCC(=O)N1CCCC2CCCC[C@@H]21. The van der Waals surface area contributed by atoms with Gasteiger partial charge >= 0.3 is 6.09 Å². The molecule has 2 fully saturated rings. The van der Waals surface area contributed by atoms with Crippen LogP contribution in [-0.4, -0.2) is 36.1 Å². The molecule has 1 saturated heterocycles. The van der Waals surface area contributed by atoms with Gasteiger partial charge < -0.3 is 19.4 Å². The Labute approximate surface area is 148 Å². The largest absolute Gasteiger partial charge is 0.467 e. The van der Waals surface area contributed by atoms with Crippen LogP contribution in [0.1, 0.15) is 57.1 Å². The molecule has 1 aliphatic carbocycles. The maximum atomic E-state index is 12.5. The van der Waals surface area contributed by atoms with E-state index >= 15 is 0 Å². The highest BCUT2D eigenvalue weighted by Gasteiger charge is 2.35. The summed E-state index contributed by atoms with van der Waals surface area (Å²) in [6, 6.07) is 4.01. The highest BCUT2D eigenvalue weighted by Crippen LogP contribution is 2.35. The van der Waals surface area contributed by atoms with Crippen molar-refractivity contribution in [3.8, 4) is 0 Å². The Morgan fingerprint density at radius 1 is 1.24 bits per heavy atom. The molecular formula is C19H28N2O4. The van der Waals surface area contributed by atoms with Gasteiger partial charge in [-0.25, -0.2) is 4.79 Å². The van der Waals surface area contributed by atoms with Crippen LogP contribution in [-0.2, 0) is 16.1 Å². The number of likely N-dealkylation sites (tertiary alicyclic amines) is 1. The van der Waals surface area contributed by atoms with E-state index in [4.69, 9.17) is 9.15 Å². The molecule has 2 heterocycles. The first kappa shape index (κ1) is 17.8. The summed E-state index contributed by atoms with van der Waals surface area (Å²) >= 11 is 0. The molecule has 25 heavy (non-hydrogen) atoms. The van der Waals surface area contributed by atoms with Crippen LogP contribution in [0.4, 0.5) is 4.79 Å². The van der Waals surface area contributed by atoms with Crippen LogP contribution in [0, 0.1) is 5.92 Å². The number of hydrogen-bond donors (Lipinski definition) is 1. The highest BCUT2D eigenvalue weighted by molar-refractivity contribution is 5.76. The number of carbonyl (C=O) groups is 2. The quantitative estimate of drug-likeness (QED) is 0.799. The van der Waals surface area contributed by atoms with E-state index < -0.39 is 6.09 Å². The Morgan fingerprint density at radius 2 is 2.08 bits per heavy atom. The van der Waals surface area contributed by atoms with Crippen molar-refractivity contribution in [2.75, 3.05) is 13.2 Å². The molecule has 2 atom stereocenters. The van der Waals surface area contributed by atoms with Crippen molar-refractivity contribution in [3.05, 3.63) is 24.2 Å². The first-order chi connectivity index (χ1) is 12.2. The number of rotatable bonds is 6. The molecule has 3 rings (SSSR count). The van der Waals surface area contributed by atoms with Crippen LogP contribution < -0.4 is 5.32 Å². The van der Waals surface area contributed by atoms with E-state index in [1.54, 1.807) is 18.4 Å². The van der Waals surface area contributed by atoms with E-state index in [2.05, 4.69) is 10.2 Å². The number of furan rings is 1. The average molecular weight is 348 g/mol. The molecule has 1 aliphatic heterocycles. The van der Waals surface area contributed by atoms with Gasteiger partial charge in [0.2, 0.25) is 5.91 Å². The van der Waals surface area contributed by atoms with Crippen LogP contribution in [0.15, 0.2) is 22.8 Å². The zero-order valence-corrected chi connectivity index (χ0v) is 14.7. The number of amides is 2. The summed E-state index contributed by atoms with van der Waals surface area (Å²) in [5.74, 6) is 1.60. The van der Waals surface area contributed by atoms with Gasteiger partial charge in [-0.1, -0.05) is 12.8 Å². The van der Waals surface area contributed by atoms with E-state index in [9.17, 15) is 9.59 Å². The number of piperidine rings is 1. The van der Waals surface area contributed by atoms with Gasteiger partial charge in [0.15, 0.2) is 0 Å². The van der Waals surface area contributed by atoms with E-state index in [1.165, 1.54) is 25.7 Å². The topological polar surface area (TPSA) is 71.8 Å². The first-order valence-electron chi connectivity index (χ1n) is 9.46. The summed E-state index contributed by atoms with van der Waals surface area (Å²) in [4.78, 5) is 26.2. The molecule has 1 unspecified atom stereocenters. The lowest BCUT2D eigenvalue weighted by atomic mass is 9.78. The number of alkyl carbamates (subject to hydrolysis) is 1. The number of nitrogens with zero attached hydrogens (tertiary/aromatic N) is 1. The van der Waals surface area contributed by atoms with Crippen molar-refractivity contribution < 1.29 is 18.7 Å². The van der Waals surface area contributed by atoms with Gasteiger partial charge in [0.25, 0.3) is 0 Å². The molecule has 1 aromatic rings. The second-order valence-electron chi connectivity index (χ2n) is 7.01. The predicted molar refractivity (Wildman–Crippen MR) is 92.8 cm³/mol. The average Bonchev–Trinajstić information content (AvgIpc) is 3.16. The minimum atomic E-state index is -0.478. The van der Waals surface area contributed by atoms with E-state index in [0.29, 0.717) is 37.1 Å². The van der Waals surface area contributed by atoms with Crippen LogP contribution in [0.5, 0.6) is 0 Å². The van der Waals surface area contributed by atoms with Gasteiger partial charge in [-0.15, -0.1) is 0 Å². The maximum Gasteiger partial charge on any atom is 0.407 e. The molecule has 0 aromatic carbocycles. The van der Waals surface area contributed by atoms with Gasteiger partial charge in [-0.2, -0.15) is 0 Å². The molecule has 0 spiro atoms. The number of fused-ring (bicyclic) bond motifs is 1. The standard InChI is InChI=1S/C19H28N2O4/c22-18(21-11-3-7-15-6-1-2-9-17(15)21)10-5-13-25-19(23)20-14-16-8-4-12-24-16/h4,8,12,15,17H,1-3,5-7,9-11,13-14H2,(H,20,23)/t15?,17-/m0/s1. The Bertz CT molecular complexity index is 556. The third-order valence-corrected chi connectivity index (χ3v) is 5.32. The van der Waals surface area contributed by atoms with E-state index in [-0.39, 0.29) is 12.5 Å². The third-order valence-electron chi connectivity index (χ3n) is 5.32. The van der Waals surface area contributed by atoms with E-state index in [1.807, 2.05) is 0 Å². The second kappa shape index (κ2) is 8.92. The second-order valence-corrected chi connectivity index (χ2v) is 7.01. The number of ether oxygens (including phenoxy) is 1. The van der Waals surface area contributed by atoms with Gasteiger partial charge in [-0.05, 0) is 50.2 Å². The summed E-state index contributed by atoms with van der Waals surface area (Å²) in [5, 5.41) is 2.62. The Kier molecular flexibility index (Phi) is 6.36. The Morgan fingerprint density at radius 3 is 2.92 bits per heavy atom. The molecule has 1 aromatic heterocycles. The molecule has 138 valence electrons. The molecule has 0 bridgehead atoms. The van der Waals surface area contributed by atoms with Gasteiger partial charge in [-0.3, -0.25) is 4.79 Å². The number of nitrogens with one attached hydrogen (secondary N) is 1. The zero-order valence-electron chi connectivity index (χ0n) is 14.7. The smallest absolute Gasteiger partial charge is 0.407 e. The third kappa shape index (κ3) is 5.00. The van der Waals surface area contributed by atoms with Crippen molar-refractivity contribution in [1.29, 1.82) is 0 Å². The van der Waals surface area contributed by atoms with Crippen LogP contribution in [0.3, 0.4) is 0 Å². The lowest BCUT2D eigenvalue weighted by Crippen LogP contribution is -2.49. The Hall–Kier alpha value is -1.98. The van der Waals surface area contributed by atoms with E-state index in [0.717, 1.165) is 19.4 Å². The molecular weight excluding hydrogens is 320 g/mol. The molecule has 1 saturated carbocycles. The zero-order chi connectivity index (χ0) is 17.5. The molecule has 2 aliphatic rings. The van der Waals surface area contributed by atoms with Gasteiger partial charge in [0, 0.05) is 19.0 Å². The first-order valence-corrected chi connectivity index (χ1v) is 9.46. The molecule has 6 heteroatoms. The minimum absolute atomic E-state index is 0.219. The molecule has 1 N–H and O–H groups in total.